The Morgan fingerprint density at radius 2 is 1.44 bits per heavy atom. The molecule has 0 unspecified atom stereocenters. The van der Waals surface area contributed by atoms with E-state index in [9.17, 15) is 13.2 Å². The van der Waals surface area contributed by atoms with Crippen LogP contribution in [-0.2, 0) is 9.84 Å². The molecule has 27 heavy (non-hydrogen) atoms. The van der Waals surface area contributed by atoms with Gasteiger partial charge < -0.3 is 4.74 Å². The fourth-order valence-electron chi connectivity index (χ4n) is 3.93. The number of anilines is 2. The highest BCUT2D eigenvalue weighted by Gasteiger charge is 2.54. The van der Waals surface area contributed by atoms with Gasteiger partial charge in [0.2, 0.25) is 0 Å². The van der Waals surface area contributed by atoms with Crippen LogP contribution >= 0.6 is 0 Å². The SMILES string of the molecule is COc1ccc(N2C(=O)N(c3ccc(C)c(C)c3)[C@@H]3CS(=O)(=O)C[C@@H]32)cc1. The first kappa shape index (κ1) is 17.9. The minimum Gasteiger partial charge on any atom is -0.497 e. The van der Waals surface area contributed by atoms with Gasteiger partial charge in [-0.3, -0.25) is 9.80 Å². The average Bonchev–Trinajstić information content (AvgIpc) is 3.06. The zero-order chi connectivity index (χ0) is 19.3. The number of methoxy groups -OCH3 is 1. The molecular weight excluding hydrogens is 364 g/mol. The largest absolute Gasteiger partial charge is 0.497 e. The second kappa shape index (κ2) is 6.27. The van der Waals surface area contributed by atoms with E-state index in [0.717, 1.165) is 16.8 Å². The molecule has 4 rings (SSSR count). The highest BCUT2D eigenvalue weighted by Crippen LogP contribution is 2.38. The van der Waals surface area contributed by atoms with Crippen LogP contribution < -0.4 is 14.5 Å². The lowest BCUT2D eigenvalue weighted by atomic mass is 10.1. The summed E-state index contributed by atoms with van der Waals surface area (Å²) in [5.41, 5.74) is 3.62. The first-order valence-corrected chi connectivity index (χ1v) is 10.7. The first-order valence-electron chi connectivity index (χ1n) is 8.85. The number of rotatable bonds is 3. The fraction of sp³-hybridized carbons (Fsp3) is 0.350. The van der Waals surface area contributed by atoms with E-state index >= 15 is 0 Å². The van der Waals surface area contributed by atoms with Gasteiger partial charge in [-0.25, -0.2) is 13.2 Å². The van der Waals surface area contributed by atoms with Crippen LogP contribution in [0.2, 0.25) is 0 Å². The van der Waals surface area contributed by atoms with E-state index in [1.165, 1.54) is 0 Å². The van der Waals surface area contributed by atoms with E-state index in [4.69, 9.17) is 4.74 Å². The van der Waals surface area contributed by atoms with E-state index in [2.05, 4.69) is 0 Å². The van der Waals surface area contributed by atoms with Crippen LogP contribution in [-0.4, -0.2) is 45.1 Å². The number of sulfone groups is 1. The number of carbonyl (C=O) groups is 1. The number of amides is 2. The van der Waals surface area contributed by atoms with Crippen LogP contribution in [0.5, 0.6) is 5.75 Å². The van der Waals surface area contributed by atoms with E-state index in [1.54, 1.807) is 41.2 Å². The zero-order valence-electron chi connectivity index (χ0n) is 15.5. The molecule has 2 atom stereocenters. The molecule has 2 saturated heterocycles. The van der Waals surface area contributed by atoms with Crippen molar-refractivity contribution in [3.05, 3.63) is 53.6 Å². The lowest BCUT2D eigenvalue weighted by molar-refractivity contribution is 0.255. The number of hydrogen-bond acceptors (Lipinski definition) is 4. The maximum atomic E-state index is 13.3. The Labute approximate surface area is 159 Å². The third-order valence-corrected chi connectivity index (χ3v) is 7.19. The van der Waals surface area contributed by atoms with Crippen LogP contribution in [0, 0.1) is 13.8 Å². The van der Waals surface area contributed by atoms with E-state index < -0.39 is 15.9 Å². The van der Waals surface area contributed by atoms with Crippen molar-refractivity contribution in [3.8, 4) is 5.75 Å². The number of nitrogens with zero attached hydrogens (tertiary/aromatic N) is 2. The Morgan fingerprint density at radius 1 is 0.889 bits per heavy atom. The highest BCUT2D eigenvalue weighted by atomic mass is 32.2. The molecule has 0 saturated carbocycles. The minimum absolute atomic E-state index is 0.0109. The summed E-state index contributed by atoms with van der Waals surface area (Å²) in [6.07, 6.45) is 0. The molecule has 2 amide bonds. The van der Waals surface area contributed by atoms with Gasteiger partial charge in [-0.05, 0) is 61.4 Å². The normalized spacial score (nSPS) is 23.6. The van der Waals surface area contributed by atoms with Gasteiger partial charge in [-0.15, -0.1) is 0 Å². The van der Waals surface area contributed by atoms with Gasteiger partial charge in [0.15, 0.2) is 9.84 Å². The van der Waals surface area contributed by atoms with Crippen molar-refractivity contribution in [2.45, 2.75) is 25.9 Å². The lowest BCUT2D eigenvalue weighted by Gasteiger charge is -2.23. The number of urea groups is 1. The molecule has 2 aliphatic rings. The quantitative estimate of drug-likeness (QED) is 0.761. The molecule has 0 bridgehead atoms. The van der Waals surface area contributed by atoms with Gasteiger partial charge in [0.1, 0.15) is 5.75 Å². The summed E-state index contributed by atoms with van der Waals surface area (Å²) in [5.74, 6) is 0.659. The topological polar surface area (TPSA) is 66.9 Å². The van der Waals surface area contributed by atoms with E-state index in [0.29, 0.717) is 11.4 Å². The molecule has 0 spiro atoms. The number of aryl methyl sites for hydroxylation is 2. The second-order valence-electron chi connectivity index (χ2n) is 7.20. The summed E-state index contributed by atoms with van der Waals surface area (Å²) in [6, 6.07) is 12.0. The lowest BCUT2D eigenvalue weighted by Crippen LogP contribution is -2.37. The maximum absolute atomic E-state index is 13.3. The summed E-state index contributed by atoms with van der Waals surface area (Å²) in [5, 5.41) is 0. The molecule has 2 fully saturated rings. The number of carbonyl (C=O) groups excluding carboxylic acids is 1. The zero-order valence-corrected chi connectivity index (χ0v) is 16.4. The molecule has 0 aromatic heterocycles. The molecule has 2 aromatic carbocycles. The first-order chi connectivity index (χ1) is 12.8. The van der Waals surface area contributed by atoms with Gasteiger partial charge in [-0.1, -0.05) is 6.07 Å². The van der Waals surface area contributed by atoms with Gasteiger partial charge in [-0.2, -0.15) is 0 Å². The van der Waals surface area contributed by atoms with Crippen LogP contribution in [0.1, 0.15) is 11.1 Å². The molecule has 142 valence electrons. The van der Waals surface area contributed by atoms with Crippen molar-refractivity contribution in [2.75, 3.05) is 28.4 Å². The van der Waals surface area contributed by atoms with Crippen LogP contribution in [0.4, 0.5) is 16.2 Å². The molecule has 7 heteroatoms. The standard InChI is InChI=1S/C20H22N2O4S/c1-13-4-5-16(10-14(13)2)22-19-12-27(24,25)11-18(19)21(20(22)23)15-6-8-17(26-3)9-7-15/h4-10,18-19H,11-12H2,1-3H3/t18-,19+/m0/s1. The summed E-state index contributed by atoms with van der Waals surface area (Å²) in [6.45, 7) is 4.00. The molecule has 6 nitrogen and oxygen atoms in total. The third kappa shape index (κ3) is 2.96. The molecule has 2 heterocycles. The van der Waals surface area contributed by atoms with Crippen molar-refractivity contribution >= 4 is 27.2 Å². The van der Waals surface area contributed by atoms with E-state index in [1.807, 2.05) is 32.0 Å². The second-order valence-corrected chi connectivity index (χ2v) is 9.35. The molecule has 0 N–H and O–H groups in total. The number of fused-ring (bicyclic) bond motifs is 1. The predicted octanol–water partition coefficient (Wildman–Crippen LogP) is 2.92. The Hall–Kier alpha value is -2.54. The van der Waals surface area contributed by atoms with Crippen molar-refractivity contribution in [1.82, 2.24) is 0 Å². The van der Waals surface area contributed by atoms with Gasteiger partial charge in [0.25, 0.3) is 0 Å². The minimum atomic E-state index is -3.20. The van der Waals surface area contributed by atoms with Crippen LogP contribution in [0.3, 0.4) is 0 Å². The van der Waals surface area contributed by atoms with Crippen molar-refractivity contribution in [1.29, 1.82) is 0 Å². The molecule has 2 aliphatic heterocycles. The van der Waals surface area contributed by atoms with E-state index in [-0.39, 0.29) is 23.6 Å². The maximum Gasteiger partial charge on any atom is 0.329 e. The Morgan fingerprint density at radius 3 is 2.00 bits per heavy atom. The molecule has 0 aliphatic carbocycles. The van der Waals surface area contributed by atoms with Gasteiger partial charge >= 0.3 is 6.03 Å². The molecule has 2 aromatic rings. The summed E-state index contributed by atoms with van der Waals surface area (Å²) >= 11 is 0. The monoisotopic (exact) mass is 386 g/mol. The summed E-state index contributed by atoms with van der Waals surface area (Å²) in [4.78, 5) is 16.6. The smallest absolute Gasteiger partial charge is 0.329 e. The Bertz CT molecular complexity index is 1000. The molecular formula is C20H22N2O4S. The van der Waals surface area contributed by atoms with Crippen LogP contribution in [0.15, 0.2) is 42.5 Å². The van der Waals surface area contributed by atoms with Crippen molar-refractivity contribution in [3.63, 3.8) is 0 Å². The Balaban J connectivity index is 1.78. The highest BCUT2D eigenvalue weighted by molar-refractivity contribution is 7.91. The number of benzene rings is 2. The molecule has 0 radical (unpaired) electrons. The fourth-order valence-corrected chi connectivity index (χ4v) is 5.84. The number of ether oxygens (including phenoxy) is 1. The van der Waals surface area contributed by atoms with Gasteiger partial charge in [0.05, 0.1) is 30.7 Å². The Kier molecular flexibility index (Phi) is 4.14. The predicted molar refractivity (Wildman–Crippen MR) is 105 cm³/mol. The van der Waals surface area contributed by atoms with Crippen molar-refractivity contribution in [2.24, 2.45) is 0 Å². The summed E-state index contributed by atoms with van der Waals surface area (Å²) in [7, 11) is -1.62. The van der Waals surface area contributed by atoms with Gasteiger partial charge in [0, 0.05) is 11.4 Å². The van der Waals surface area contributed by atoms with Crippen molar-refractivity contribution < 1.29 is 17.9 Å². The number of hydrogen-bond donors (Lipinski definition) is 0. The summed E-state index contributed by atoms with van der Waals surface area (Å²) < 4.78 is 29.9. The third-order valence-electron chi connectivity index (χ3n) is 5.49. The average molecular weight is 386 g/mol. The van der Waals surface area contributed by atoms with Crippen LogP contribution in [0.25, 0.3) is 0 Å².